The lowest BCUT2D eigenvalue weighted by atomic mass is 9.94. The molecule has 0 atom stereocenters. The number of nitrogens with zero attached hydrogens (tertiary/aromatic N) is 2. The number of aromatic nitrogens is 1. The maximum absolute atomic E-state index is 13.9. The molecular weight excluding hydrogens is 609 g/mol. The molecule has 2 aliphatic heterocycles. The number of anilines is 1. The molecule has 0 bridgehead atoms. The number of hydrogen-bond acceptors (Lipinski definition) is 6. The molecule has 3 heterocycles. The van der Waals surface area contributed by atoms with E-state index in [4.69, 9.17) is 9.47 Å². The predicted molar refractivity (Wildman–Crippen MR) is 175 cm³/mol. The molecule has 2 saturated heterocycles. The molecule has 2 fully saturated rings. The van der Waals surface area contributed by atoms with E-state index in [2.05, 4.69) is 57.4 Å². The molecule has 0 saturated carbocycles. The van der Waals surface area contributed by atoms with Gasteiger partial charge >= 0.3 is 6.18 Å². The number of fused-ring (bicyclic) bond motifs is 1. The summed E-state index contributed by atoms with van der Waals surface area (Å²) in [5, 5.41) is 2.89. The van der Waals surface area contributed by atoms with Crippen LogP contribution in [-0.4, -0.2) is 67.9 Å². The Balaban J connectivity index is 1.32. The van der Waals surface area contributed by atoms with Crippen LogP contribution in [0.3, 0.4) is 0 Å². The molecular formula is C36H43F3N4O4. The van der Waals surface area contributed by atoms with Crippen molar-refractivity contribution in [2.45, 2.75) is 71.3 Å². The number of morpholine rings is 1. The molecule has 0 radical (unpaired) electrons. The van der Waals surface area contributed by atoms with Gasteiger partial charge in [0.25, 0.3) is 11.5 Å². The average molecular weight is 653 g/mol. The fourth-order valence-electron chi connectivity index (χ4n) is 7.29. The minimum atomic E-state index is -4.64. The SMILES string of the molecule is CCN(c1cc(-c2ccc(CN3CCOCC3)cc2)cc(C(=O)NCc2c3c(c(C(F)(F)F)[nH]c2=O)CCC3)c1C)C1CCOCC1. The first-order chi connectivity index (χ1) is 22.6. The maximum atomic E-state index is 13.9. The second kappa shape index (κ2) is 14.2. The third-order valence-electron chi connectivity index (χ3n) is 9.81. The number of alkyl halides is 3. The number of H-pyrrole nitrogens is 1. The van der Waals surface area contributed by atoms with Crippen LogP contribution in [0.1, 0.15) is 70.1 Å². The number of benzene rings is 2. The number of halogens is 3. The summed E-state index contributed by atoms with van der Waals surface area (Å²) in [6, 6.07) is 12.7. The Morgan fingerprint density at radius 2 is 1.68 bits per heavy atom. The molecule has 1 amide bonds. The molecule has 2 aromatic carbocycles. The van der Waals surface area contributed by atoms with E-state index in [-0.39, 0.29) is 36.0 Å². The van der Waals surface area contributed by atoms with Crippen molar-refractivity contribution in [2.24, 2.45) is 0 Å². The van der Waals surface area contributed by atoms with Crippen molar-refractivity contribution in [1.29, 1.82) is 0 Å². The highest BCUT2D eigenvalue weighted by Gasteiger charge is 2.38. The Hall–Kier alpha value is -3.67. The largest absolute Gasteiger partial charge is 0.431 e. The Morgan fingerprint density at radius 1 is 1.00 bits per heavy atom. The van der Waals surface area contributed by atoms with E-state index in [0.717, 1.165) is 74.6 Å². The van der Waals surface area contributed by atoms with E-state index in [1.54, 1.807) is 0 Å². The Labute approximate surface area is 273 Å². The van der Waals surface area contributed by atoms with Gasteiger partial charge in [0.15, 0.2) is 0 Å². The van der Waals surface area contributed by atoms with Crippen molar-refractivity contribution in [1.82, 2.24) is 15.2 Å². The number of nitrogens with one attached hydrogen (secondary N) is 2. The number of carbonyl (C=O) groups is 1. The minimum Gasteiger partial charge on any atom is -0.381 e. The van der Waals surface area contributed by atoms with E-state index in [0.29, 0.717) is 37.2 Å². The number of ether oxygens (including phenoxy) is 2. The van der Waals surface area contributed by atoms with E-state index in [1.165, 1.54) is 5.56 Å². The van der Waals surface area contributed by atoms with Gasteiger partial charge in [-0.3, -0.25) is 14.5 Å². The molecule has 1 aliphatic carbocycles. The number of rotatable bonds is 9. The van der Waals surface area contributed by atoms with Gasteiger partial charge in [-0.1, -0.05) is 24.3 Å². The Kier molecular flexibility index (Phi) is 10.1. The van der Waals surface area contributed by atoms with E-state index in [1.807, 2.05) is 13.0 Å². The highest BCUT2D eigenvalue weighted by atomic mass is 19.4. The lowest BCUT2D eigenvalue weighted by Gasteiger charge is -2.37. The minimum absolute atomic E-state index is 0.133. The molecule has 1 aromatic heterocycles. The molecule has 47 heavy (non-hydrogen) atoms. The molecule has 252 valence electrons. The smallest absolute Gasteiger partial charge is 0.381 e. The van der Waals surface area contributed by atoms with Crippen LogP contribution in [0.25, 0.3) is 11.1 Å². The third-order valence-corrected chi connectivity index (χ3v) is 9.81. The Morgan fingerprint density at radius 3 is 2.36 bits per heavy atom. The molecule has 0 spiro atoms. The van der Waals surface area contributed by atoms with Gasteiger partial charge in [-0.2, -0.15) is 13.2 Å². The summed E-state index contributed by atoms with van der Waals surface area (Å²) in [6.45, 7) is 10.2. The molecule has 6 rings (SSSR count). The second-order valence-corrected chi connectivity index (χ2v) is 12.7. The lowest BCUT2D eigenvalue weighted by molar-refractivity contribution is -0.141. The number of pyridine rings is 1. The van der Waals surface area contributed by atoms with Gasteiger partial charge in [-0.05, 0) is 91.5 Å². The zero-order valence-electron chi connectivity index (χ0n) is 27.1. The van der Waals surface area contributed by atoms with Crippen LogP contribution in [0.4, 0.5) is 18.9 Å². The van der Waals surface area contributed by atoms with Crippen LogP contribution in [0.15, 0.2) is 41.2 Å². The molecule has 2 N–H and O–H groups in total. The molecule has 0 unspecified atom stereocenters. The topological polar surface area (TPSA) is 86.9 Å². The summed E-state index contributed by atoms with van der Waals surface area (Å²) < 4.78 is 52.1. The quantitative estimate of drug-likeness (QED) is 0.312. The number of carbonyl (C=O) groups excluding carboxylic acids is 1. The van der Waals surface area contributed by atoms with E-state index < -0.39 is 17.4 Å². The number of aromatic amines is 1. The molecule has 3 aromatic rings. The fraction of sp³-hybridized carbons (Fsp3) is 0.500. The van der Waals surface area contributed by atoms with E-state index >= 15 is 0 Å². The van der Waals surface area contributed by atoms with Crippen LogP contribution in [0.2, 0.25) is 0 Å². The number of amides is 1. The summed E-state index contributed by atoms with van der Waals surface area (Å²) in [5.41, 5.74) is 4.28. The predicted octanol–water partition coefficient (Wildman–Crippen LogP) is 5.63. The Bertz CT molecular complexity index is 1640. The van der Waals surface area contributed by atoms with Gasteiger partial charge in [-0.25, -0.2) is 0 Å². The van der Waals surface area contributed by atoms with Crippen LogP contribution < -0.4 is 15.8 Å². The highest BCUT2D eigenvalue weighted by molar-refractivity contribution is 5.99. The van der Waals surface area contributed by atoms with Gasteiger partial charge in [0.1, 0.15) is 5.69 Å². The molecule has 11 heteroatoms. The van der Waals surface area contributed by atoms with Crippen molar-refractivity contribution >= 4 is 11.6 Å². The monoisotopic (exact) mass is 652 g/mol. The van der Waals surface area contributed by atoms with Gasteiger partial charge in [0, 0.05) is 68.8 Å². The second-order valence-electron chi connectivity index (χ2n) is 12.7. The van der Waals surface area contributed by atoms with Crippen LogP contribution in [0, 0.1) is 6.92 Å². The maximum Gasteiger partial charge on any atom is 0.431 e. The zero-order valence-corrected chi connectivity index (χ0v) is 27.1. The number of hydrogen-bond donors (Lipinski definition) is 2. The fourth-order valence-corrected chi connectivity index (χ4v) is 7.29. The van der Waals surface area contributed by atoms with Gasteiger partial charge in [0.05, 0.1) is 13.2 Å². The summed E-state index contributed by atoms with van der Waals surface area (Å²) in [5.74, 6) is -0.372. The van der Waals surface area contributed by atoms with Crippen molar-refractivity contribution in [3.8, 4) is 11.1 Å². The highest BCUT2D eigenvalue weighted by Crippen LogP contribution is 2.37. The lowest BCUT2D eigenvalue weighted by Crippen LogP contribution is -2.40. The van der Waals surface area contributed by atoms with Gasteiger partial charge in [-0.15, -0.1) is 0 Å². The first kappa shape index (κ1) is 33.2. The summed E-state index contributed by atoms with van der Waals surface area (Å²) >= 11 is 0. The zero-order chi connectivity index (χ0) is 33.1. The molecule has 3 aliphatic rings. The van der Waals surface area contributed by atoms with Gasteiger partial charge < -0.3 is 24.7 Å². The third kappa shape index (κ3) is 7.27. The summed E-state index contributed by atoms with van der Waals surface area (Å²) in [6.07, 6.45) is -1.71. The summed E-state index contributed by atoms with van der Waals surface area (Å²) in [7, 11) is 0. The van der Waals surface area contributed by atoms with Crippen molar-refractivity contribution in [3.63, 3.8) is 0 Å². The first-order valence-electron chi connectivity index (χ1n) is 16.6. The average Bonchev–Trinajstić information content (AvgIpc) is 3.55. The normalized spacial score (nSPS) is 17.5. The van der Waals surface area contributed by atoms with Crippen molar-refractivity contribution in [2.75, 3.05) is 51.0 Å². The standard InChI is InChI=1S/C36H43F3N4O4/c1-3-43(27-11-15-46-16-12-27)32-20-26(25-9-7-24(8-10-25)22-42-13-17-47-18-14-42)19-30(23(32)2)34(44)40-21-31-28-5-4-6-29(28)33(36(37,38)39)41-35(31)45/h7-10,19-20,27H,3-6,11-18,21-22H2,1-2H3,(H,40,44)(H,41,45). The van der Waals surface area contributed by atoms with Crippen LogP contribution in [0.5, 0.6) is 0 Å². The van der Waals surface area contributed by atoms with Crippen LogP contribution in [-0.2, 0) is 41.6 Å². The van der Waals surface area contributed by atoms with Gasteiger partial charge in [0.2, 0.25) is 0 Å². The van der Waals surface area contributed by atoms with Crippen molar-refractivity contribution in [3.05, 3.63) is 85.8 Å². The summed E-state index contributed by atoms with van der Waals surface area (Å²) in [4.78, 5) is 33.6. The first-order valence-corrected chi connectivity index (χ1v) is 16.6. The van der Waals surface area contributed by atoms with Crippen LogP contribution >= 0.6 is 0 Å². The van der Waals surface area contributed by atoms with E-state index in [9.17, 15) is 22.8 Å². The molecule has 8 nitrogen and oxygen atoms in total. The van der Waals surface area contributed by atoms with Crippen molar-refractivity contribution < 1.29 is 27.4 Å².